The molecule has 0 aliphatic rings. The Hall–Kier alpha value is -3.11. The Labute approximate surface area is 148 Å². The highest BCUT2D eigenvalue weighted by Gasteiger charge is 2.19. The summed E-state index contributed by atoms with van der Waals surface area (Å²) in [6, 6.07) is 11.3. The summed E-state index contributed by atoms with van der Waals surface area (Å²) in [4.78, 5) is 12.3. The van der Waals surface area contributed by atoms with Crippen LogP contribution in [-0.2, 0) is 10.0 Å². The maximum absolute atomic E-state index is 13.9. The molecule has 3 N–H and O–H groups in total. The number of halogens is 1. The zero-order valence-corrected chi connectivity index (χ0v) is 14.4. The lowest BCUT2D eigenvalue weighted by atomic mass is 10.2. The summed E-state index contributed by atoms with van der Waals surface area (Å²) in [6.45, 7) is 1.59. The molecule has 0 saturated carbocycles. The molecule has 2 aromatic carbocycles. The zero-order chi connectivity index (χ0) is 18.9. The van der Waals surface area contributed by atoms with E-state index in [-0.39, 0.29) is 16.3 Å². The Morgan fingerprint density at radius 1 is 1.15 bits per heavy atom. The Morgan fingerprint density at radius 3 is 2.42 bits per heavy atom. The van der Waals surface area contributed by atoms with E-state index in [0.717, 1.165) is 0 Å². The predicted molar refractivity (Wildman–Crippen MR) is 91.8 cm³/mol. The molecule has 1 aromatic heterocycles. The SMILES string of the molecule is Cc1c(C(=O)Nc2ccc(S(N)(=O)=O)cc2)nnn1-c1ccccc1F. The molecule has 8 nitrogen and oxygen atoms in total. The highest BCUT2D eigenvalue weighted by Crippen LogP contribution is 2.17. The molecule has 0 spiro atoms. The monoisotopic (exact) mass is 375 g/mol. The Morgan fingerprint density at radius 2 is 1.81 bits per heavy atom. The van der Waals surface area contributed by atoms with Crippen molar-refractivity contribution in [1.29, 1.82) is 0 Å². The van der Waals surface area contributed by atoms with Crippen LogP contribution >= 0.6 is 0 Å². The number of aromatic nitrogens is 3. The van der Waals surface area contributed by atoms with E-state index in [4.69, 9.17) is 5.14 Å². The summed E-state index contributed by atoms with van der Waals surface area (Å²) in [5.74, 6) is -1.06. The lowest BCUT2D eigenvalue weighted by molar-refractivity contribution is 0.102. The fraction of sp³-hybridized carbons (Fsp3) is 0.0625. The number of rotatable bonds is 4. The quantitative estimate of drug-likeness (QED) is 0.718. The van der Waals surface area contributed by atoms with Crippen LogP contribution in [0, 0.1) is 12.7 Å². The summed E-state index contributed by atoms with van der Waals surface area (Å²) in [5, 5.41) is 15.2. The minimum absolute atomic E-state index is 0.0174. The minimum Gasteiger partial charge on any atom is -0.321 e. The van der Waals surface area contributed by atoms with Gasteiger partial charge in [-0.1, -0.05) is 17.3 Å². The second-order valence-electron chi connectivity index (χ2n) is 5.41. The van der Waals surface area contributed by atoms with Crippen molar-refractivity contribution in [3.63, 3.8) is 0 Å². The average Bonchev–Trinajstić information content (AvgIpc) is 2.96. The fourth-order valence-corrected chi connectivity index (χ4v) is 2.82. The van der Waals surface area contributed by atoms with Gasteiger partial charge in [-0.15, -0.1) is 5.10 Å². The first-order valence-corrected chi connectivity index (χ1v) is 8.93. The number of nitrogens with one attached hydrogen (secondary N) is 1. The van der Waals surface area contributed by atoms with Gasteiger partial charge in [-0.05, 0) is 43.3 Å². The number of nitrogens with two attached hydrogens (primary N) is 1. The topological polar surface area (TPSA) is 120 Å². The van der Waals surface area contributed by atoms with Gasteiger partial charge in [-0.25, -0.2) is 22.6 Å². The molecule has 0 radical (unpaired) electrons. The second kappa shape index (κ2) is 6.65. The number of hydrogen-bond donors (Lipinski definition) is 2. The van der Waals surface area contributed by atoms with Crippen LogP contribution in [0.5, 0.6) is 0 Å². The maximum atomic E-state index is 13.9. The average molecular weight is 375 g/mol. The van der Waals surface area contributed by atoms with Gasteiger partial charge in [0.2, 0.25) is 10.0 Å². The van der Waals surface area contributed by atoms with Crippen molar-refractivity contribution in [2.24, 2.45) is 5.14 Å². The molecule has 0 unspecified atom stereocenters. The summed E-state index contributed by atoms with van der Waals surface area (Å²) in [6.07, 6.45) is 0. The Balaban J connectivity index is 1.84. The molecular formula is C16H14FN5O3S. The van der Waals surface area contributed by atoms with Crippen LogP contribution in [-0.4, -0.2) is 29.3 Å². The van der Waals surface area contributed by atoms with E-state index in [1.165, 1.54) is 41.1 Å². The van der Waals surface area contributed by atoms with Gasteiger partial charge in [0.15, 0.2) is 5.69 Å². The van der Waals surface area contributed by atoms with Gasteiger partial charge in [0.1, 0.15) is 11.5 Å². The van der Waals surface area contributed by atoms with Crippen LogP contribution in [0.25, 0.3) is 5.69 Å². The molecule has 1 heterocycles. The molecule has 1 amide bonds. The number of carbonyl (C=O) groups is 1. The predicted octanol–water partition coefficient (Wildman–Crippen LogP) is 1.61. The van der Waals surface area contributed by atoms with Gasteiger partial charge < -0.3 is 5.32 Å². The van der Waals surface area contributed by atoms with E-state index in [0.29, 0.717) is 11.4 Å². The summed E-state index contributed by atoms with van der Waals surface area (Å²) in [7, 11) is -3.81. The third-order valence-corrected chi connectivity index (χ3v) is 4.56. The highest BCUT2D eigenvalue weighted by molar-refractivity contribution is 7.89. The van der Waals surface area contributed by atoms with Crippen molar-refractivity contribution >= 4 is 21.6 Å². The van der Waals surface area contributed by atoms with Gasteiger partial charge in [0.25, 0.3) is 5.91 Å². The lowest BCUT2D eigenvalue weighted by Crippen LogP contribution is -2.15. The number of para-hydroxylation sites is 1. The molecule has 26 heavy (non-hydrogen) atoms. The molecule has 3 rings (SSSR count). The van der Waals surface area contributed by atoms with Crippen LogP contribution in [0.2, 0.25) is 0 Å². The smallest absolute Gasteiger partial charge is 0.278 e. The van der Waals surface area contributed by atoms with E-state index < -0.39 is 21.7 Å². The number of carbonyl (C=O) groups excluding carboxylic acids is 1. The number of benzene rings is 2. The van der Waals surface area contributed by atoms with Crippen molar-refractivity contribution < 1.29 is 17.6 Å². The number of sulfonamides is 1. The van der Waals surface area contributed by atoms with Gasteiger partial charge in [0, 0.05) is 5.69 Å². The van der Waals surface area contributed by atoms with Crippen molar-refractivity contribution in [3.8, 4) is 5.69 Å². The maximum Gasteiger partial charge on any atom is 0.278 e. The second-order valence-corrected chi connectivity index (χ2v) is 6.97. The van der Waals surface area contributed by atoms with E-state index in [2.05, 4.69) is 15.6 Å². The van der Waals surface area contributed by atoms with Crippen LogP contribution in [0.3, 0.4) is 0 Å². The molecule has 3 aromatic rings. The Bertz CT molecular complexity index is 1080. The molecular weight excluding hydrogens is 361 g/mol. The largest absolute Gasteiger partial charge is 0.321 e. The first-order chi connectivity index (χ1) is 12.3. The number of amides is 1. The first kappa shape index (κ1) is 17.7. The molecule has 134 valence electrons. The first-order valence-electron chi connectivity index (χ1n) is 7.39. The number of nitrogens with zero attached hydrogens (tertiary/aromatic N) is 3. The van der Waals surface area contributed by atoms with Crippen LogP contribution < -0.4 is 10.5 Å². The molecule has 0 atom stereocenters. The molecule has 0 bridgehead atoms. The van der Waals surface area contributed by atoms with E-state index in [1.54, 1.807) is 19.1 Å². The van der Waals surface area contributed by atoms with Crippen molar-refractivity contribution in [3.05, 3.63) is 65.7 Å². The number of anilines is 1. The summed E-state index contributed by atoms with van der Waals surface area (Å²) >= 11 is 0. The van der Waals surface area contributed by atoms with E-state index in [1.807, 2.05) is 0 Å². The number of hydrogen-bond acceptors (Lipinski definition) is 5. The van der Waals surface area contributed by atoms with E-state index >= 15 is 0 Å². The van der Waals surface area contributed by atoms with Crippen molar-refractivity contribution in [2.75, 3.05) is 5.32 Å². The van der Waals surface area contributed by atoms with Crippen LogP contribution in [0.15, 0.2) is 53.4 Å². The normalized spacial score (nSPS) is 11.3. The van der Waals surface area contributed by atoms with Gasteiger partial charge >= 0.3 is 0 Å². The number of primary sulfonamides is 1. The van der Waals surface area contributed by atoms with E-state index in [9.17, 15) is 17.6 Å². The lowest BCUT2D eigenvalue weighted by Gasteiger charge is -2.06. The minimum atomic E-state index is -3.81. The standard InChI is InChI=1S/C16H14FN5O3S/c1-10-15(20-21-22(10)14-5-3-2-4-13(14)17)16(23)19-11-6-8-12(9-7-11)26(18,24)25/h2-9H,1H3,(H,19,23)(H2,18,24,25). The summed E-state index contributed by atoms with van der Waals surface area (Å²) in [5.41, 5.74) is 0.897. The summed E-state index contributed by atoms with van der Waals surface area (Å²) < 4.78 is 37.6. The highest BCUT2D eigenvalue weighted by atomic mass is 32.2. The van der Waals surface area contributed by atoms with Crippen LogP contribution in [0.4, 0.5) is 10.1 Å². The van der Waals surface area contributed by atoms with Crippen molar-refractivity contribution in [1.82, 2.24) is 15.0 Å². The zero-order valence-electron chi connectivity index (χ0n) is 13.5. The third kappa shape index (κ3) is 3.46. The molecule has 0 aliphatic heterocycles. The van der Waals surface area contributed by atoms with Crippen molar-refractivity contribution in [2.45, 2.75) is 11.8 Å². The van der Waals surface area contributed by atoms with Gasteiger partial charge in [0.05, 0.1) is 10.6 Å². The third-order valence-electron chi connectivity index (χ3n) is 3.63. The van der Waals surface area contributed by atoms with Crippen LogP contribution in [0.1, 0.15) is 16.2 Å². The molecule has 0 fully saturated rings. The van der Waals surface area contributed by atoms with Gasteiger partial charge in [-0.2, -0.15) is 0 Å². The molecule has 10 heteroatoms. The Kier molecular flexibility index (Phi) is 4.53. The van der Waals surface area contributed by atoms with Gasteiger partial charge in [-0.3, -0.25) is 4.79 Å². The molecule has 0 aliphatic carbocycles. The molecule has 0 saturated heterocycles. The fourth-order valence-electron chi connectivity index (χ4n) is 2.31.